The summed E-state index contributed by atoms with van der Waals surface area (Å²) in [4.78, 5) is 4.19. The maximum atomic E-state index is 13.4. The quantitative estimate of drug-likeness (QED) is 0.903. The molecule has 2 aromatic rings. The van der Waals surface area contributed by atoms with Crippen LogP contribution in [0.3, 0.4) is 0 Å². The molecule has 1 N–H and O–H groups in total. The highest BCUT2D eigenvalue weighted by Crippen LogP contribution is 2.27. The van der Waals surface area contributed by atoms with Crippen molar-refractivity contribution < 1.29 is 9.13 Å². The minimum Gasteiger partial charge on any atom is -0.455 e. The molecule has 0 saturated heterocycles. The summed E-state index contributed by atoms with van der Waals surface area (Å²) in [5.74, 6) is 1.09. The van der Waals surface area contributed by atoms with Gasteiger partial charge < -0.3 is 10.1 Å². The molecule has 1 aliphatic rings. The molecule has 4 heteroatoms. The Morgan fingerprint density at radius 2 is 2.15 bits per heavy atom. The summed E-state index contributed by atoms with van der Waals surface area (Å²) < 4.78 is 19.2. The van der Waals surface area contributed by atoms with Crippen molar-refractivity contribution in [2.75, 3.05) is 0 Å². The fourth-order valence-corrected chi connectivity index (χ4v) is 1.97. The molecule has 20 heavy (non-hydrogen) atoms. The van der Waals surface area contributed by atoms with Gasteiger partial charge in [-0.15, -0.1) is 0 Å². The molecule has 0 unspecified atom stereocenters. The van der Waals surface area contributed by atoms with E-state index in [4.69, 9.17) is 4.74 Å². The maximum absolute atomic E-state index is 13.4. The van der Waals surface area contributed by atoms with Crippen molar-refractivity contribution in [2.45, 2.75) is 32.4 Å². The summed E-state index contributed by atoms with van der Waals surface area (Å²) in [5, 5.41) is 3.37. The van der Waals surface area contributed by atoms with Crippen LogP contribution in [0.1, 0.15) is 24.1 Å². The van der Waals surface area contributed by atoms with E-state index in [0.29, 0.717) is 24.1 Å². The second-order valence-electron chi connectivity index (χ2n) is 5.14. The Morgan fingerprint density at radius 3 is 2.85 bits per heavy atom. The van der Waals surface area contributed by atoms with Crippen molar-refractivity contribution in [3.8, 4) is 11.5 Å². The number of hydrogen-bond acceptors (Lipinski definition) is 3. The number of aromatic nitrogens is 1. The van der Waals surface area contributed by atoms with Gasteiger partial charge in [-0.05, 0) is 50.1 Å². The number of benzene rings is 1. The predicted molar refractivity (Wildman–Crippen MR) is 75.3 cm³/mol. The first kappa shape index (κ1) is 13.1. The summed E-state index contributed by atoms with van der Waals surface area (Å²) in [6.45, 7) is 2.55. The fourth-order valence-electron chi connectivity index (χ4n) is 1.97. The molecule has 0 radical (unpaired) electrons. The molecular formula is C16H17FN2O. The van der Waals surface area contributed by atoms with Crippen LogP contribution < -0.4 is 10.1 Å². The molecule has 1 aromatic carbocycles. The molecule has 0 aliphatic heterocycles. The zero-order valence-electron chi connectivity index (χ0n) is 11.4. The van der Waals surface area contributed by atoms with Crippen molar-refractivity contribution >= 4 is 0 Å². The Bertz CT molecular complexity index is 594. The molecule has 3 nitrogen and oxygen atoms in total. The summed E-state index contributed by atoms with van der Waals surface area (Å²) in [6.07, 6.45) is 4.08. The Labute approximate surface area is 117 Å². The van der Waals surface area contributed by atoms with Crippen LogP contribution in [0.25, 0.3) is 0 Å². The largest absolute Gasteiger partial charge is 0.455 e. The van der Waals surface area contributed by atoms with Gasteiger partial charge in [-0.3, -0.25) is 4.98 Å². The van der Waals surface area contributed by atoms with Gasteiger partial charge in [-0.25, -0.2) is 4.39 Å². The molecule has 3 rings (SSSR count). The summed E-state index contributed by atoms with van der Waals surface area (Å²) in [7, 11) is 0. The highest BCUT2D eigenvalue weighted by Gasteiger charge is 2.20. The number of hydrogen-bond donors (Lipinski definition) is 1. The smallest absolute Gasteiger partial charge is 0.145 e. The van der Waals surface area contributed by atoms with Crippen molar-refractivity contribution in [3.63, 3.8) is 0 Å². The van der Waals surface area contributed by atoms with Gasteiger partial charge in [0, 0.05) is 23.8 Å². The molecule has 1 aliphatic carbocycles. The van der Waals surface area contributed by atoms with E-state index in [9.17, 15) is 4.39 Å². The average molecular weight is 272 g/mol. The number of pyridine rings is 1. The van der Waals surface area contributed by atoms with Crippen LogP contribution in [0.4, 0.5) is 4.39 Å². The number of aryl methyl sites for hydroxylation is 1. The van der Waals surface area contributed by atoms with Gasteiger partial charge in [0.15, 0.2) is 0 Å². The van der Waals surface area contributed by atoms with Crippen molar-refractivity contribution in [2.24, 2.45) is 0 Å². The maximum Gasteiger partial charge on any atom is 0.145 e. The van der Waals surface area contributed by atoms with Crippen LogP contribution in [0.15, 0.2) is 36.5 Å². The third-order valence-electron chi connectivity index (χ3n) is 3.29. The zero-order valence-corrected chi connectivity index (χ0v) is 11.4. The van der Waals surface area contributed by atoms with Crippen LogP contribution in [0, 0.1) is 12.7 Å². The lowest BCUT2D eigenvalue weighted by Crippen LogP contribution is -2.15. The molecule has 1 aromatic heterocycles. The van der Waals surface area contributed by atoms with E-state index in [2.05, 4.69) is 10.3 Å². The van der Waals surface area contributed by atoms with E-state index in [1.165, 1.54) is 25.0 Å². The molecule has 104 valence electrons. The molecule has 1 fully saturated rings. The van der Waals surface area contributed by atoms with E-state index in [1.807, 2.05) is 19.1 Å². The molecule has 0 bridgehead atoms. The first-order chi connectivity index (χ1) is 9.70. The molecule has 1 heterocycles. The number of nitrogens with one attached hydrogen (secondary N) is 1. The van der Waals surface area contributed by atoms with Crippen LogP contribution >= 0.6 is 0 Å². The molecule has 0 amide bonds. The first-order valence-electron chi connectivity index (χ1n) is 6.83. The first-order valence-corrected chi connectivity index (χ1v) is 6.83. The molecule has 0 atom stereocenters. The lowest BCUT2D eigenvalue weighted by molar-refractivity contribution is 0.467. The van der Waals surface area contributed by atoms with E-state index < -0.39 is 0 Å². The highest BCUT2D eigenvalue weighted by atomic mass is 19.1. The van der Waals surface area contributed by atoms with Crippen molar-refractivity contribution in [1.29, 1.82) is 0 Å². The van der Waals surface area contributed by atoms with E-state index in [-0.39, 0.29) is 5.82 Å². The van der Waals surface area contributed by atoms with Crippen LogP contribution in [0.5, 0.6) is 11.5 Å². The van der Waals surface area contributed by atoms with Gasteiger partial charge in [-0.1, -0.05) is 0 Å². The van der Waals surface area contributed by atoms with Gasteiger partial charge in [0.25, 0.3) is 0 Å². The summed E-state index contributed by atoms with van der Waals surface area (Å²) >= 11 is 0. The van der Waals surface area contributed by atoms with Crippen LogP contribution in [-0.2, 0) is 6.54 Å². The monoisotopic (exact) mass is 272 g/mol. The second kappa shape index (κ2) is 5.59. The highest BCUT2D eigenvalue weighted by molar-refractivity contribution is 5.37. The Hall–Kier alpha value is -1.94. The number of halogens is 1. The van der Waals surface area contributed by atoms with Gasteiger partial charge in [-0.2, -0.15) is 0 Å². The van der Waals surface area contributed by atoms with Gasteiger partial charge in [0.2, 0.25) is 0 Å². The van der Waals surface area contributed by atoms with Gasteiger partial charge >= 0.3 is 0 Å². The SMILES string of the molecule is Cc1ccc(Oc2ccc(F)cc2CNC2CC2)cn1. The average Bonchev–Trinajstić information content (AvgIpc) is 3.25. The Balaban J connectivity index is 1.77. The normalized spacial score (nSPS) is 14.3. The summed E-state index contributed by atoms with van der Waals surface area (Å²) in [5.41, 5.74) is 1.77. The molecule has 0 spiro atoms. The number of nitrogens with zero attached hydrogens (tertiary/aromatic N) is 1. The number of rotatable bonds is 5. The van der Waals surface area contributed by atoms with Gasteiger partial charge in [0.05, 0.1) is 6.20 Å². The van der Waals surface area contributed by atoms with Crippen LogP contribution in [0.2, 0.25) is 0 Å². The summed E-state index contributed by atoms with van der Waals surface area (Å²) in [6, 6.07) is 8.93. The lowest BCUT2D eigenvalue weighted by atomic mass is 10.2. The number of ether oxygens (including phenoxy) is 1. The van der Waals surface area contributed by atoms with Gasteiger partial charge in [0.1, 0.15) is 17.3 Å². The fraction of sp³-hybridized carbons (Fsp3) is 0.312. The predicted octanol–water partition coefficient (Wildman–Crippen LogP) is 3.57. The minimum absolute atomic E-state index is 0.244. The molecule has 1 saturated carbocycles. The topological polar surface area (TPSA) is 34.1 Å². The molecular weight excluding hydrogens is 255 g/mol. The second-order valence-corrected chi connectivity index (χ2v) is 5.14. The van der Waals surface area contributed by atoms with Crippen molar-refractivity contribution in [3.05, 3.63) is 53.6 Å². The third kappa shape index (κ3) is 3.33. The van der Waals surface area contributed by atoms with Crippen molar-refractivity contribution in [1.82, 2.24) is 10.3 Å². The zero-order chi connectivity index (χ0) is 13.9. The minimum atomic E-state index is -0.244. The van der Waals surface area contributed by atoms with Crippen LogP contribution in [-0.4, -0.2) is 11.0 Å². The Morgan fingerprint density at radius 1 is 1.30 bits per heavy atom. The third-order valence-corrected chi connectivity index (χ3v) is 3.29. The van der Waals surface area contributed by atoms with E-state index in [1.54, 1.807) is 12.3 Å². The van der Waals surface area contributed by atoms with E-state index in [0.717, 1.165) is 11.3 Å². The lowest BCUT2D eigenvalue weighted by Gasteiger charge is -2.12. The van der Waals surface area contributed by atoms with E-state index >= 15 is 0 Å². The standard InChI is InChI=1S/C16H17FN2O/c1-11-2-6-15(10-18-11)20-16-7-3-13(17)8-12(16)9-19-14-4-5-14/h2-3,6-8,10,14,19H,4-5,9H2,1H3. The Kier molecular flexibility index (Phi) is 3.65.